The largest absolute Gasteiger partial charge is 0.350 e. The van der Waals surface area contributed by atoms with E-state index < -0.39 is 34.1 Å². The molecule has 7 nitrogen and oxygen atoms in total. The van der Waals surface area contributed by atoms with Crippen molar-refractivity contribution >= 4 is 50.7 Å². The molecular weight excluding hydrogens is 617 g/mol. The van der Waals surface area contributed by atoms with Gasteiger partial charge in [-0.05, 0) is 124 Å². The van der Waals surface area contributed by atoms with Gasteiger partial charge in [-0.3, -0.25) is 13.9 Å². The summed E-state index contributed by atoms with van der Waals surface area (Å²) in [4.78, 5) is 28.9. The molecule has 2 aromatic rings. The minimum absolute atomic E-state index is 0.0638. The van der Waals surface area contributed by atoms with Gasteiger partial charge in [-0.1, -0.05) is 48.3 Å². The van der Waals surface area contributed by atoms with E-state index in [0.29, 0.717) is 27.7 Å². The first kappa shape index (κ1) is 33.1. The Balaban J connectivity index is 1.42. The molecule has 4 bridgehead atoms. The van der Waals surface area contributed by atoms with Gasteiger partial charge in [0.2, 0.25) is 21.8 Å². The van der Waals surface area contributed by atoms with E-state index in [1.54, 1.807) is 18.2 Å². The Morgan fingerprint density at radius 1 is 0.955 bits per heavy atom. The molecule has 0 radical (unpaired) electrons. The molecule has 2 amide bonds. The fraction of sp³-hybridized carbons (Fsp3) is 0.588. The molecule has 0 spiro atoms. The molecule has 4 aliphatic carbocycles. The van der Waals surface area contributed by atoms with Gasteiger partial charge < -0.3 is 10.2 Å². The van der Waals surface area contributed by atoms with Crippen LogP contribution in [-0.2, 0) is 31.6 Å². The summed E-state index contributed by atoms with van der Waals surface area (Å²) in [7, 11) is -3.82. The van der Waals surface area contributed by atoms with Gasteiger partial charge in [-0.25, -0.2) is 8.42 Å². The van der Waals surface area contributed by atoms with E-state index in [1.165, 1.54) is 49.0 Å². The summed E-state index contributed by atoms with van der Waals surface area (Å²) >= 11 is 12.4. The molecule has 4 aliphatic rings. The predicted octanol–water partition coefficient (Wildman–Crippen LogP) is 6.95. The number of anilines is 1. The number of sulfonamides is 1. The number of halogens is 2. The molecule has 0 saturated heterocycles. The zero-order chi connectivity index (χ0) is 32.0. The molecule has 10 heteroatoms. The maximum Gasteiger partial charge on any atom is 0.244 e. The fourth-order valence-corrected chi connectivity index (χ4v) is 9.44. The number of carbonyl (C=O) groups excluding carboxylic acids is 2. The van der Waals surface area contributed by atoms with Crippen LogP contribution < -0.4 is 9.62 Å². The lowest BCUT2D eigenvalue weighted by Crippen LogP contribution is -2.55. The molecule has 6 rings (SSSR count). The Bertz CT molecular complexity index is 1470. The van der Waals surface area contributed by atoms with Crippen molar-refractivity contribution in [1.29, 1.82) is 0 Å². The van der Waals surface area contributed by atoms with Gasteiger partial charge in [0.15, 0.2) is 0 Å². The molecule has 1 unspecified atom stereocenters. The molecule has 240 valence electrons. The summed E-state index contributed by atoms with van der Waals surface area (Å²) < 4.78 is 27.4. The number of nitrogens with one attached hydrogen (secondary N) is 1. The molecular formula is C34H45Cl2N3O4S. The summed E-state index contributed by atoms with van der Waals surface area (Å²) in [5, 5.41) is 3.69. The Kier molecular flexibility index (Phi) is 9.39. The van der Waals surface area contributed by atoms with E-state index in [-0.39, 0.29) is 17.9 Å². The molecule has 0 aromatic heterocycles. The average Bonchev–Trinajstić information content (AvgIpc) is 2.91. The molecule has 1 N–H and O–H groups in total. The van der Waals surface area contributed by atoms with Crippen molar-refractivity contribution < 1.29 is 18.0 Å². The van der Waals surface area contributed by atoms with Crippen LogP contribution in [0.2, 0.25) is 10.0 Å². The van der Waals surface area contributed by atoms with E-state index in [0.717, 1.165) is 28.3 Å². The van der Waals surface area contributed by atoms with Gasteiger partial charge in [0, 0.05) is 12.1 Å². The number of benzene rings is 2. The minimum Gasteiger partial charge on any atom is -0.350 e. The van der Waals surface area contributed by atoms with Crippen LogP contribution in [0.1, 0.15) is 83.8 Å². The molecule has 0 aliphatic heterocycles. The first-order valence-corrected chi connectivity index (χ1v) is 18.3. The molecule has 44 heavy (non-hydrogen) atoms. The molecule has 4 saturated carbocycles. The zero-order valence-electron chi connectivity index (χ0n) is 26.4. The lowest BCUT2D eigenvalue weighted by molar-refractivity contribution is -0.141. The first-order valence-electron chi connectivity index (χ1n) is 15.7. The van der Waals surface area contributed by atoms with Crippen LogP contribution in [0.4, 0.5) is 5.69 Å². The van der Waals surface area contributed by atoms with E-state index >= 15 is 0 Å². The maximum atomic E-state index is 14.1. The fourth-order valence-electron chi connectivity index (χ4n) is 8.27. The Labute approximate surface area is 272 Å². The lowest BCUT2D eigenvalue weighted by atomic mass is 9.48. The summed E-state index contributed by atoms with van der Waals surface area (Å²) in [5.74, 6) is 1.61. The van der Waals surface area contributed by atoms with Crippen LogP contribution in [0, 0.1) is 17.8 Å². The second kappa shape index (κ2) is 12.5. The van der Waals surface area contributed by atoms with Crippen molar-refractivity contribution in [1.82, 2.24) is 10.2 Å². The monoisotopic (exact) mass is 661 g/mol. The van der Waals surface area contributed by atoms with Gasteiger partial charge >= 0.3 is 0 Å². The van der Waals surface area contributed by atoms with Crippen molar-refractivity contribution in [3.8, 4) is 0 Å². The minimum atomic E-state index is -3.82. The Morgan fingerprint density at radius 3 is 2.00 bits per heavy atom. The Morgan fingerprint density at radius 2 is 1.52 bits per heavy atom. The highest BCUT2D eigenvalue weighted by atomic mass is 35.5. The van der Waals surface area contributed by atoms with Crippen molar-refractivity contribution in [3.05, 3.63) is 63.6 Å². The smallest absolute Gasteiger partial charge is 0.244 e. The number of carbonyl (C=O) groups is 2. The van der Waals surface area contributed by atoms with Crippen LogP contribution in [0.3, 0.4) is 0 Å². The summed E-state index contributed by atoms with van der Waals surface area (Å²) in [6.07, 6.45) is 9.15. The highest BCUT2D eigenvalue weighted by molar-refractivity contribution is 7.92. The van der Waals surface area contributed by atoms with Crippen LogP contribution in [0.5, 0.6) is 0 Å². The van der Waals surface area contributed by atoms with E-state index in [9.17, 15) is 18.0 Å². The first-order chi connectivity index (χ1) is 20.6. The maximum absolute atomic E-state index is 14.1. The highest BCUT2D eigenvalue weighted by Gasteiger charge is 2.51. The van der Waals surface area contributed by atoms with Gasteiger partial charge in [-0.15, -0.1) is 0 Å². The van der Waals surface area contributed by atoms with Crippen LogP contribution in [0.15, 0.2) is 42.5 Å². The van der Waals surface area contributed by atoms with Gasteiger partial charge in [0.1, 0.15) is 12.6 Å². The number of hydrogen-bond donors (Lipinski definition) is 1. The van der Waals surface area contributed by atoms with Gasteiger partial charge in [-0.2, -0.15) is 0 Å². The third-order valence-corrected chi connectivity index (χ3v) is 11.6. The third-order valence-electron chi connectivity index (χ3n) is 9.71. The van der Waals surface area contributed by atoms with E-state index in [1.807, 2.05) is 39.8 Å². The van der Waals surface area contributed by atoms with Crippen LogP contribution >= 0.6 is 23.2 Å². The van der Waals surface area contributed by atoms with Crippen LogP contribution in [0.25, 0.3) is 0 Å². The van der Waals surface area contributed by atoms with Crippen molar-refractivity contribution in [2.24, 2.45) is 17.8 Å². The lowest BCUT2D eigenvalue weighted by Gasteiger charge is -2.57. The number of amides is 2. The number of rotatable bonds is 10. The predicted molar refractivity (Wildman–Crippen MR) is 177 cm³/mol. The second-order valence-corrected chi connectivity index (χ2v) is 17.2. The van der Waals surface area contributed by atoms with Crippen LogP contribution in [-0.4, -0.2) is 49.5 Å². The third kappa shape index (κ3) is 7.23. The molecule has 4 fully saturated rings. The van der Waals surface area contributed by atoms with Crippen molar-refractivity contribution in [3.63, 3.8) is 0 Å². The van der Waals surface area contributed by atoms with Gasteiger partial charge in [0.25, 0.3) is 0 Å². The van der Waals surface area contributed by atoms with E-state index in [2.05, 4.69) is 17.4 Å². The Hall–Kier alpha value is -2.29. The number of nitrogens with zero attached hydrogens (tertiary/aromatic N) is 2. The summed E-state index contributed by atoms with van der Waals surface area (Å²) in [5.41, 5.74) is 2.08. The quantitative estimate of drug-likeness (QED) is 0.299. The normalized spacial score (nSPS) is 25.0. The molecule has 2 aromatic carbocycles. The number of hydrogen-bond acceptors (Lipinski definition) is 4. The SMILES string of the molecule is CCC(C(=O)NC(C)(C)C)N(Cc1ccc(Cl)c(Cl)c1)C(=O)CN(c1ccc(C23CC4CC(CC(C4)C2)C3)cc1)S(C)(=O)=O. The average molecular weight is 663 g/mol. The summed E-state index contributed by atoms with van der Waals surface area (Å²) in [6.45, 7) is 7.09. The topological polar surface area (TPSA) is 86.8 Å². The van der Waals surface area contributed by atoms with Crippen molar-refractivity contribution in [2.75, 3.05) is 17.1 Å². The van der Waals surface area contributed by atoms with Gasteiger partial charge in [0.05, 0.1) is 22.0 Å². The standard InChI is InChI=1S/C34H45Cl2N3O4S/c1-6-30(32(41)37-33(2,3)4)38(20-22-7-12-28(35)29(36)16-22)31(40)21-39(44(5,42)43)27-10-8-26(9-11-27)34-17-23-13-24(18-34)15-25(14-23)19-34/h7-12,16,23-25,30H,6,13-15,17-21H2,1-5H3,(H,37,41). The highest BCUT2D eigenvalue weighted by Crippen LogP contribution is 2.60. The second-order valence-electron chi connectivity index (χ2n) is 14.4. The zero-order valence-corrected chi connectivity index (χ0v) is 28.7. The molecule has 0 heterocycles. The van der Waals surface area contributed by atoms with Crippen molar-refractivity contribution in [2.45, 2.75) is 96.2 Å². The molecule has 1 atom stereocenters. The summed E-state index contributed by atoms with van der Waals surface area (Å²) in [6, 6.07) is 12.1. The van der Waals surface area contributed by atoms with E-state index in [4.69, 9.17) is 23.2 Å².